The minimum absolute atomic E-state index is 0.273. The smallest absolute Gasteiger partial charge is 0.237 e. The quantitative estimate of drug-likeness (QED) is 0.559. The summed E-state index contributed by atoms with van der Waals surface area (Å²) in [7, 11) is 0. The molecule has 0 saturated carbocycles. The van der Waals surface area contributed by atoms with Crippen molar-refractivity contribution in [1.29, 1.82) is 0 Å². The summed E-state index contributed by atoms with van der Waals surface area (Å²) in [6, 6.07) is 7.38. The fourth-order valence-corrected chi connectivity index (χ4v) is 2.84. The molecule has 116 valence electrons. The van der Waals surface area contributed by atoms with Crippen LogP contribution in [0, 0.1) is 0 Å². The van der Waals surface area contributed by atoms with E-state index in [2.05, 4.69) is 9.97 Å². The van der Waals surface area contributed by atoms with Gasteiger partial charge in [0.05, 0.1) is 19.0 Å². The highest BCUT2D eigenvalue weighted by atomic mass is 35.6. The number of hydrogen-bond donors (Lipinski definition) is 0. The molecule has 1 fully saturated rings. The predicted molar refractivity (Wildman–Crippen MR) is 86.1 cm³/mol. The van der Waals surface area contributed by atoms with Crippen LogP contribution >= 0.6 is 46.4 Å². The van der Waals surface area contributed by atoms with Crippen LogP contribution in [0.25, 0.3) is 0 Å². The van der Waals surface area contributed by atoms with Crippen LogP contribution < -0.4 is 4.74 Å². The summed E-state index contributed by atoms with van der Waals surface area (Å²) in [6.45, 7) is 0.505. The van der Waals surface area contributed by atoms with Crippen molar-refractivity contribution < 1.29 is 9.47 Å². The van der Waals surface area contributed by atoms with E-state index in [1.165, 1.54) is 12.4 Å². The van der Waals surface area contributed by atoms with Crippen LogP contribution in [0.1, 0.15) is 12.0 Å². The van der Waals surface area contributed by atoms with E-state index in [0.29, 0.717) is 23.4 Å². The van der Waals surface area contributed by atoms with E-state index in [1.54, 1.807) is 6.07 Å². The topological polar surface area (TPSA) is 47.5 Å². The first kappa shape index (κ1) is 16.1. The standard InChI is InChI=1S/C14H10Cl4N2O2/c15-11-5-20-12(6-19-11)22-10-3-1-2-9(4-10)13(8-21-13)7-14(16,17)18/h1-6H,7-8H2. The molecule has 0 radical (unpaired) electrons. The molecule has 0 amide bonds. The van der Waals surface area contributed by atoms with E-state index in [0.717, 1.165) is 5.56 Å². The molecule has 22 heavy (non-hydrogen) atoms. The molecule has 3 rings (SSSR count). The molecule has 0 N–H and O–H groups in total. The van der Waals surface area contributed by atoms with E-state index in [1.807, 2.05) is 18.2 Å². The largest absolute Gasteiger partial charge is 0.437 e. The van der Waals surface area contributed by atoms with Crippen molar-refractivity contribution in [1.82, 2.24) is 9.97 Å². The lowest BCUT2D eigenvalue weighted by atomic mass is 9.97. The van der Waals surface area contributed by atoms with Crippen LogP contribution in [0.3, 0.4) is 0 Å². The second-order valence-corrected chi connectivity index (χ2v) is 7.79. The van der Waals surface area contributed by atoms with Crippen LogP contribution in [0.15, 0.2) is 36.7 Å². The first-order chi connectivity index (χ1) is 10.4. The summed E-state index contributed by atoms with van der Waals surface area (Å²) in [5.41, 5.74) is 0.314. The average molecular weight is 380 g/mol. The molecule has 1 saturated heterocycles. The number of epoxide rings is 1. The highest BCUT2D eigenvalue weighted by Gasteiger charge is 2.51. The van der Waals surface area contributed by atoms with Crippen LogP contribution in [-0.4, -0.2) is 20.4 Å². The number of rotatable bonds is 4. The lowest BCUT2D eigenvalue weighted by Crippen LogP contribution is -2.18. The number of ether oxygens (including phenoxy) is 2. The normalized spacial score (nSPS) is 20.7. The third kappa shape index (κ3) is 3.94. The summed E-state index contributed by atoms with van der Waals surface area (Å²) in [6.07, 6.45) is 3.13. The maximum absolute atomic E-state index is 5.88. The van der Waals surface area contributed by atoms with Gasteiger partial charge in [0.2, 0.25) is 5.88 Å². The predicted octanol–water partition coefficient (Wildman–Crippen LogP) is 4.91. The van der Waals surface area contributed by atoms with Gasteiger partial charge in [-0.15, -0.1) is 0 Å². The molecular weight excluding hydrogens is 370 g/mol. The second kappa shape index (κ2) is 6.02. The van der Waals surface area contributed by atoms with Crippen molar-refractivity contribution in [3.05, 3.63) is 47.4 Å². The third-order valence-electron chi connectivity index (χ3n) is 3.16. The number of nitrogens with zero attached hydrogens (tertiary/aromatic N) is 2. The summed E-state index contributed by atoms with van der Waals surface area (Å²) < 4.78 is 9.79. The Hall–Kier alpha value is -0.780. The minimum Gasteiger partial charge on any atom is -0.437 e. The Labute approximate surface area is 147 Å². The van der Waals surface area contributed by atoms with Gasteiger partial charge in [0.25, 0.3) is 0 Å². The molecule has 8 heteroatoms. The zero-order valence-electron chi connectivity index (χ0n) is 11.1. The van der Waals surface area contributed by atoms with Crippen molar-refractivity contribution in [3.8, 4) is 11.6 Å². The molecule has 1 atom stereocenters. The Balaban J connectivity index is 1.80. The van der Waals surface area contributed by atoms with E-state index in [-0.39, 0.29) is 6.42 Å². The van der Waals surface area contributed by atoms with Gasteiger partial charge in [-0.2, -0.15) is 0 Å². The third-order valence-corrected chi connectivity index (χ3v) is 3.75. The second-order valence-electron chi connectivity index (χ2n) is 4.88. The Morgan fingerprint density at radius 2 is 2.00 bits per heavy atom. The zero-order valence-corrected chi connectivity index (χ0v) is 14.1. The molecule has 0 bridgehead atoms. The van der Waals surface area contributed by atoms with Crippen molar-refractivity contribution >= 4 is 46.4 Å². The monoisotopic (exact) mass is 378 g/mol. The highest BCUT2D eigenvalue weighted by molar-refractivity contribution is 6.67. The molecule has 1 aliphatic rings. The Morgan fingerprint density at radius 3 is 2.59 bits per heavy atom. The molecule has 0 aliphatic carbocycles. The average Bonchev–Trinajstić information content (AvgIpc) is 3.21. The van der Waals surface area contributed by atoms with E-state index >= 15 is 0 Å². The Bertz CT molecular complexity index is 669. The Morgan fingerprint density at radius 1 is 1.23 bits per heavy atom. The van der Waals surface area contributed by atoms with Gasteiger partial charge in [-0.05, 0) is 17.7 Å². The van der Waals surface area contributed by atoms with E-state index in [9.17, 15) is 0 Å². The molecule has 1 aromatic heterocycles. The fraction of sp³-hybridized carbons (Fsp3) is 0.286. The molecular formula is C14H10Cl4N2O2. The van der Waals surface area contributed by atoms with Crippen LogP contribution in [0.5, 0.6) is 11.6 Å². The lowest BCUT2D eigenvalue weighted by Gasteiger charge is -2.18. The number of aromatic nitrogens is 2. The molecule has 1 unspecified atom stereocenters. The number of alkyl halides is 3. The molecule has 2 aromatic rings. The molecule has 4 nitrogen and oxygen atoms in total. The SMILES string of the molecule is Clc1cnc(Oc2cccc(C3(CC(Cl)(Cl)Cl)CO3)c2)cn1. The summed E-state index contributed by atoms with van der Waals surface area (Å²) >= 11 is 23.3. The first-order valence-electron chi connectivity index (χ1n) is 6.33. The van der Waals surface area contributed by atoms with Gasteiger partial charge in [0, 0.05) is 6.42 Å². The summed E-state index contributed by atoms with van der Waals surface area (Å²) in [5.74, 6) is 0.932. The van der Waals surface area contributed by atoms with E-state index < -0.39 is 9.39 Å². The maximum atomic E-state index is 5.88. The van der Waals surface area contributed by atoms with Gasteiger partial charge < -0.3 is 9.47 Å². The number of halogens is 4. The van der Waals surface area contributed by atoms with Crippen LogP contribution in [-0.2, 0) is 10.3 Å². The van der Waals surface area contributed by atoms with Crippen LogP contribution in [0.2, 0.25) is 5.15 Å². The van der Waals surface area contributed by atoms with Crippen LogP contribution in [0.4, 0.5) is 0 Å². The van der Waals surface area contributed by atoms with Gasteiger partial charge in [-0.25, -0.2) is 9.97 Å². The number of benzene rings is 1. The fourth-order valence-electron chi connectivity index (χ4n) is 2.10. The highest BCUT2D eigenvalue weighted by Crippen LogP contribution is 2.50. The van der Waals surface area contributed by atoms with Crippen molar-refractivity contribution in [2.75, 3.05) is 6.61 Å². The summed E-state index contributed by atoms with van der Waals surface area (Å²) in [4.78, 5) is 7.94. The number of hydrogen-bond acceptors (Lipinski definition) is 4. The summed E-state index contributed by atoms with van der Waals surface area (Å²) in [5, 5.41) is 0.300. The van der Waals surface area contributed by atoms with Crippen molar-refractivity contribution in [2.24, 2.45) is 0 Å². The van der Waals surface area contributed by atoms with Gasteiger partial charge in [0.15, 0.2) is 3.79 Å². The van der Waals surface area contributed by atoms with Crippen molar-refractivity contribution in [2.45, 2.75) is 15.8 Å². The maximum Gasteiger partial charge on any atom is 0.237 e. The molecule has 0 spiro atoms. The van der Waals surface area contributed by atoms with Gasteiger partial charge >= 0.3 is 0 Å². The molecule has 1 aromatic carbocycles. The van der Waals surface area contributed by atoms with E-state index in [4.69, 9.17) is 55.9 Å². The lowest BCUT2D eigenvalue weighted by molar-refractivity contribution is 0.294. The molecule has 1 aliphatic heterocycles. The van der Waals surface area contributed by atoms with Crippen molar-refractivity contribution in [3.63, 3.8) is 0 Å². The van der Waals surface area contributed by atoms with Gasteiger partial charge in [-0.3, -0.25) is 0 Å². The zero-order chi connectivity index (χ0) is 15.8. The van der Waals surface area contributed by atoms with Gasteiger partial charge in [-0.1, -0.05) is 58.5 Å². The van der Waals surface area contributed by atoms with Gasteiger partial charge in [0.1, 0.15) is 16.5 Å². The minimum atomic E-state index is -1.38. The first-order valence-corrected chi connectivity index (χ1v) is 7.84. The Kier molecular flexibility index (Phi) is 4.40. The molecule has 2 heterocycles.